The van der Waals surface area contributed by atoms with Crippen LogP contribution in [-0.2, 0) is 0 Å². The van der Waals surface area contributed by atoms with E-state index in [9.17, 15) is 0 Å². The molecule has 1 rings (SSSR count). The number of rotatable bonds is 16. The van der Waals surface area contributed by atoms with Gasteiger partial charge in [0.1, 0.15) is 6.17 Å². The molecule has 24 heavy (non-hydrogen) atoms. The van der Waals surface area contributed by atoms with Crippen molar-refractivity contribution in [1.82, 2.24) is 9.80 Å². The van der Waals surface area contributed by atoms with Crippen LogP contribution in [0.4, 0.5) is 0 Å². The molecule has 1 heterocycles. The van der Waals surface area contributed by atoms with Crippen LogP contribution in [0.15, 0.2) is 12.4 Å². The third-order valence-corrected chi connectivity index (χ3v) is 5.43. The van der Waals surface area contributed by atoms with Crippen LogP contribution in [0.3, 0.4) is 0 Å². The van der Waals surface area contributed by atoms with Crippen LogP contribution in [0.2, 0.25) is 0 Å². The van der Waals surface area contributed by atoms with Gasteiger partial charge in [0.25, 0.3) is 0 Å². The Labute approximate surface area is 152 Å². The molecule has 0 saturated heterocycles. The fourth-order valence-electron chi connectivity index (χ4n) is 3.75. The van der Waals surface area contributed by atoms with Gasteiger partial charge in [-0.25, -0.2) is 0 Å². The normalized spacial score (nSPS) is 17.2. The van der Waals surface area contributed by atoms with E-state index in [1.54, 1.807) is 0 Å². The fraction of sp³-hybridized carbons (Fsp3) is 0.909. The minimum Gasteiger partial charge on any atom is -0.359 e. The summed E-state index contributed by atoms with van der Waals surface area (Å²) in [6.45, 7) is 5.83. The summed E-state index contributed by atoms with van der Waals surface area (Å²) in [6.07, 6.45) is 26.3. The first-order valence-corrected chi connectivity index (χ1v) is 11.0. The van der Waals surface area contributed by atoms with Crippen molar-refractivity contribution in [3.8, 4) is 0 Å². The van der Waals surface area contributed by atoms with Crippen LogP contribution in [-0.4, -0.2) is 29.6 Å². The molecule has 0 radical (unpaired) electrons. The van der Waals surface area contributed by atoms with Crippen LogP contribution in [0.25, 0.3) is 0 Å². The minimum atomic E-state index is 0.626. The largest absolute Gasteiger partial charge is 0.359 e. The number of hydrogen-bond donors (Lipinski definition) is 0. The summed E-state index contributed by atoms with van der Waals surface area (Å²) in [5.74, 6) is 0. The van der Waals surface area contributed by atoms with E-state index >= 15 is 0 Å². The first kappa shape index (κ1) is 21.4. The van der Waals surface area contributed by atoms with Crippen LogP contribution in [0.1, 0.15) is 110 Å². The molecule has 142 valence electrons. The third-order valence-electron chi connectivity index (χ3n) is 5.43. The van der Waals surface area contributed by atoms with Gasteiger partial charge in [-0.05, 0) is 19.3 Å². The lowest BCUT2D eigenvalue weighted by atomic mass is 10.1. The summed E-state index contributed by atoms with van der Waals surface area (Å²) < 4.78 is 0. The quantitative estimate of drug-likeness (QED) is 0.282. The lowest BCUT2D eigenvalue weighted by molar-refractivity contribution is 0.159. The van der Waals surface area contributed by atoms with Gasteiger partial charge < -0.3 is 9.80 Å². The number of nitrogens with zero attached hydrogens (tertiary/aromatic N) is 2. The van der Waals surface area contributed by atoms with E-state index in [1.807, 2.05) is 0 Å². The second-order valence-corrected chi connectivity index (χ2v) is 7.71. The van der Waals surface area contributed by atoms with Crippen molar-refractivity contribution in [1.29, 1.82) is 0 Å². The predicted octanol–water partition coefficient (Wildman–Crippen LogP) is 6.92. The molecule has 0 aromatic rings. The molecule has 0 aromatic heterocycles. The maximum atomic E-state index is 2.59. The lowest BCUT2D eigenvalue weighted by Gasteiger charge is -2.30. The molecule has 1 atom stereocenters. The van der Waals surface area contributed by atoms with Gasteiger partial charge in [-0.3, -0.25) is 0 Å². The third kappa shape index (κ3) is 9.59. The van der Waals surface area contributed by atoms with Gasteiger partial charge in [0.2, 0.25) is 0 Å². The van der Waals surface area contributed by atoms with Gasteiger partial charge in [0.05, 0.1) is 0 Å². The number of hydrogen-bond acceptors (Lipinski definition) is 2. The molecule has 1 aliphatic rings. The Balaban J connectivity index is 2.04. The molecule has 0 spiro atoms. The maximum Gasteiger partial charge on any atom is 0.100 e. The molecule has 2 nitrogen and oxygen atoms in total. The van der Waals surface area contributed by atoms with Gasteiger partial charge >= 0.3 is 0 Å². The Morgan fingerprint density at radius 3 is 1.71 bits per heavy atom. The molecule has 0 amide bonds. The zero-order valence-corrected chi connectivity index (χ0v) is 16.9. The molecule has 0 bridgehead atoms. The fourth-order valence-corrected chi connectivity index (χ4v) is 3.75. The molecule has 0 fully saturated rings. The van der Waals surface area contributed by atoms with Crippen molar-refractivity contribution >= 4 is 0 Å². The molecule has 0 aliphatic carbocycles. The predicted molar refractivity (Wildman–Crippen MR) is 108 cm³/mol. The van der Waals surface area contributed by atoms with E-state index in [1.165, 1.54) is 103 Å². The highest BCUT2D eigenvalue weighted by Gasteiger charge is 2.22. The molecule has 0 N–H and O–H groups in total. The maximum absolute atomic E-state index is 2.59. The second kappa shape index (κ2) is 14.7. The highest BCUT2D eigenvalue weighted by molar-refractivity contribution is 4.95. The molecule has 1 aliphatic heterocycles. The van der Waals surface area contributed by atoms with Gasteiger partial charge in [-0.2, -0.15) is 0 Å². The Kier molecular flexibility index (Phi) is 13.1. The summed E-state index contributed by atoms with van der Waals surface area (Å²) in [7, 11) is 2.24. The SMILES string of the molecule is CCCCCCCCCCN1C=CN(C)C1CCCCCCCC. The molecule has 1 unspecified atom stereocenters. The van der Waals surface area contributed by atoms with Crippen molar-refractivity contribution in [2.45, 2.75) is 116 Å². The highest BCUT2D eigenvalue weighted by atomic mass is 15.4. The van der Waals surface area contributed by atoms with Gasteiger partial charge in [-0.15, -0.1) is 0 Å². The molecule has 0 aromatic carbocycles. The minimum absolute atomic E-state index is 0.626. The average Bonchev–Trinajstić information content (AvgIpc) is 2.93. The van der Waals surface area contributed by atoms with Gasteiger partial charge in [0, 0.05) is 26.0 Å². The van der Waals surface area contributed by atoms with Crippen LogP contribution in [0.5, 0.6) is 0 Å². The van der Waals surface area contributed by atoms with Crippen molar-refractivity contribution in [3.05, 3.63) is 12.4 Å². The number of unbranched alkanes of at least 4 members (excludes halogenated alkanes) is 12. The summed E-state index contributed by atoms with van der Waals surface area (Å²) in [5.41, 5.74) is 0. The van der Waals surface area contributed by atoms with E-state index in [0.29, 0.717) is 6.17 Å². The van der Waals surface area contributed by atoms with E-state index < -0.39 is 0 Å². The topological polar surface area (TPSA) is 6.48 Å². The van der Waals surface area contributed by atoms with Crippen molar-refractivity contribution in [3.63, 3.8) is 0 Å². The lowest BCUT2D eigenvalue weighted by Crippen LogP contribution is -2.37. The molecule has 2 heteroatoms. The zero-order chi connectivity index (χ0) is 17.5. The first-order chi connectivity index (χ1) is 11.8. The molecule has 0 saturated carbocycles. The monoisotopic (exact) mass is 336 g/mol. The van der Waals surface area contributed by atoms with E-state index in [4.69, 9.17) is 0 Å². The van der Waals surface area contributed by atoms with Crippen LogP contribution >= 0.6 is 0 Å². The average molecular weight is 337 g/mol. The zero-order valence-electron chi connectivity index (χ0n) is 16.9. The summed E-state index contributed by atoms with van der Waals surface area (Å²) in [5, 5.41) is 0. The Morgan fingerprint density at radius 1 is 0.625 bits per heavy atom. The second-order valence-electron chi connectivity index (χ2n) is 7.71. The Hall–Kier alpha value is -0.660. The first-order valence-electron chi connectivity index (χ1n) is 11.0. The van der Waals surface area contributed by atoms with Gasteiger partial charge in [-0.1, -0.05) is 90.9 Å². The van der Waals surface area contributed by atoms with Crippen molar-refractivity contribution < 1.29 is 0 Å². The standard InChI is InChI=1S/C22H44N2/c1-4-6-8-10-12-13-15-17-19-24-21-20-23(3)22(24)18-16-14-11-9-7-5-2/h20-22H,4-19H2,1-3H3. The summed E-state index contributed by atoms with van der Waals surface area (Å²) >= 11 is 0. The van der Waals surface area contributed by atoms with Gasteiger partial charge in [0.15, 0.2) is 0 Å². The smallest absolute Gasteiger partial charge is 0.100 e. The van der Waals surface area contributed by atoms with Crippen LogP contribution < -0.4 is 0 Å². The Bertz CT molecular complexity index is 300. The summed E-state index contributed by atoms with van der Waals surface area (Å²) in [6, 6.07) is 0. The molecular formula is C22H44N2. The molecular weight excluding hydrogens is 292 g/mol. The van der Waals surface area contributed by atoms with E-state index in [-0.39, 0.29) is 0 Å². The van der Waals surface area contributed by atoms with Crippen molar-refractivity contribution in [2.24, 2.45) is 0 Å². The van der Waals surface area contributed by atoms with E-state index in [0.717, 1.165) is 0 Å². The highest BCUT2D eigenvalue weighted by Crippen LogP contribution is 2.21. The van der Waals surface area contributed by atoms with Crippen LogP contribution in [0, 0.1) is 0 Å². The van der Waals surface area contributed by atoms with Crippen molar-refractivity contribution in [2.75, 3.05) is 13.6 Å². The van der Waals surface area contributed by atoms with E-state index in [2.05, 4.69) is 43.1 Å². The Morgan fingerprint density at radius 2 is 1.12 bits per heavy atom. The summed E-state index contributed by atoms with van der Waals surface area (Å²) in [4.78, 5) is 5.00.